The Kier molecular flexibility index (Phi) is 33.8. The number of amides is 7. The maximum absolute atomic E-state index is 14.0. The zero-order chi connectivity index (χ0) is 78.0. The summed E-state index contributed by atoms with van der Waals surface area (Å²) in [6.07, 6.45) is 16.0. The summed E-state index contributed by atoms with van der Waals surface area (Å²) in [5.41, 5.74) is 8.29. The molecule has 2 aromatic heterocycles. The van der Waals surface area contributed by atoms with Crippen LogP contribution in [-0.4, -0.2) is 221 Å². The number of carbonyl (C=O) groups excluding carboxylic acids is 8. The summed E-state index contributed by atoms with van der Waals surface area (Å²) in [4.78, 5) is 111. The first-order valence-electron chi connectivity index (χ1n) is 39.9. The molecule has 4 aliphatic carbocycles. The Morgan fingerprint density at radius 1 is 0.630 bits per heavy atom. The van der Waals surface area contributed by atoms with Gasteiger partial charge in [-0.1, -0.05) is 74.7 Å². The molecule has 7 amide bonds. The number of nitrogens with one attached hydrogen (secondary N) is 4. The molecule has 26 nitrogen and oxygen atoms in total. The number of carbonyl (C=O) groups is 8. The largest absolute Gasteiger partial charge is 0.462 e. The van der Waals surface area contributed by atoms with E-state index in [0.29, 0.717) is 75.3 Å². The highest BCUT2D eigenvalue weighted by Gasteiger charge is 2.61. The van der Waals surface area contributed by atoms with Crippen molar-refractivity contribution in [1.29, 1.82) is 0 Å². The molecule has 3 heterocycles. The number of nitrogens with zero attached hydrogens (tertiary/aromatic N) is 5. The van der Waals surface area contributed by atoms with Gasteiger partial charge in [-0.2, -0.15) is 5.10 Å². The van der Waals surface area contributed by atoms with E-state index in [9.17, 15) is 42.7 Å². The maximum atomic E-state index is 14.0. The van der Waals surface area contributed by atoms with E-state index < -0.39 is 29.4 Å². The third-order valence-electron chi connectivity index (χ3n) is 23.4. The number of hydrogen-bond acceptors (Lipinski definition) is 18. The Bertz CT molecular complexity index is 3400. The van der Waals surface area contributed by atoms with Gasteiger partial charge in [-0.05, 0) is 160 Å². The van der Waals surface area contributed by atoms with Crippen LogP contribution in [0.2, 0.25) is 0 Å². The number of piperazine rings is 1. The molecule has 1 saturated heterocycles. The minimum Gasteiger partial charge on any atom is -0.462 e. The molecule has 604 valence electrons. The second kappa shape index (κ2) is 42.0. The smallest absolute Gasteiger partial charge is 0.308 e. The maximum Gasteiger partial charge on any atom is 0.308 e. The number of hydrogen-bond donors (Lipinski definition) is 5. The zero-order valence-corrected chi connectivity index (χ0v) is 66.3. The predicted molar refractivity (Wildman–Crippen MR) is 405 cm³/mol. The lowest BCUT2D eigenvalue weighted by Crippen LogP contribution is -2.62. The van der Waals surface area contributed by atoms with Crippen LogP contribution < -0.4 is 27.0 Å². The molecule has 10 atom stereocenters. The van der Waals surface area contributed by atoms with Crippen LogP contribution in [0.15, 0.2) is 36.5 Å². The Hall–Kier alpha value is -6.75. The highest BCUT2D eigenvalue weighted by molar-refractivity contribution is 5.94. The molecule has 27 heteroatoms. The van der Waals surface area contributed by atoms with Crippen LogP contribution in [0.3, 0.4) is 0 Å². The highest BCUT2D eigenvalue weighted by atomic mass is 19.1. The molecule has 108 heavy (non-hydrogen) atoms. The summed E-state index contributed by atoms with van der Waals surface area (Å²) in [5.74, 6) is 1.98. The first kappa shape index (κ1) is 86.8. The van der Waals surface area contributed by atoms with Gasteiger partial charge in [0.1, 0.15) is 23.7 Å². The number of benzene rings is 1. The van der Waals surface area contributed by atoms with E-state index in [-0.39, 0.29) is 176 Å². The lowest BCUT2D eigenvalue weighted by atomic mass is 9.44. The van der Waals surface area contributed by atoms with Crippen LogP contribution in [0.25, 0.3) is 16.9 Å². The summed E-state index contributed by atoms with van der Waals surface area (Å²) < 4.78 is 60.0. The topological polar surface area (TPSA) is 321 Å². The monoisotopic (exact) mass is 1510 g/mol. The summed E-state index contributed by atoms with van der Waals surface area (Å²) >= 11 is 0. The Morgan fingerprint density at radius 3 is 1.74 bits per heavy atom. The van der Waals surface area contributed by atoms with Gasteiger partial charge < -0.3 is 74.7 Å². The summed E-state index contributed by atoms with van der Waals surface area (Å²) in [5, 5.41) is 15.6. The van der Waals surface area contributed by atoms with E-state index in [4.69, 9.17) is 53.7 Å². The second-order valence-corrected chi connectivity index (χ2v) is 33.1. The van der Waals surface area contributed by atoms with Crippen LogP contribution >= 0.6 is 0 Å². The van der Waals surface area contributed by atoms with Gasteiger partial charge in [-0.3, -0.25) is 38.4 Å². The highest BCUT2D eigenvalue weighted by Crippen LogP contribution is 2.68. The van der Waals surface area contributed by atoms with Gasteiger partial charge in [0.15, 0.2) is 5.65 Å². The molecule has 0 spiro atoms. The molecule has 8 rings (SSSR count). The molecule has 5 aliphatic rings. The fraction of sp³-hybridized carbons (Fsp3) is 0.753. The van der Waals surface area contributed by atoms with Crippen LogP contribution in [-0.2, 0) is 76.9 Å². The molecule has 0 bridgehead atoms. The standard InChI is InChI=1S/C81H127FN10O16/c1-55(2)12-11-13-56(3)62-20-21-63-61-19-16-58-50-60(24-29-80(58,9)64(61)25-30-81(62,63)10)108-74(98)52-67(75(83)99)87-72(96)28-38-103-43-46-105-40-32-85-71(95)27-37-102-44-48-107-49-47-106-41-33-86-70(94)26-36-101-42-45-104-39-31-84-69(93)22-23-73(97)90-34-35-91(79(7,8)54-90)77(100)68-53-92-76(88-68)65(78(4,5)6)51-66(89-92)57-14-17-59(82)18-15-57/h14-15,17-18,51,53,55-56,58,60-64,67H,11-13,16,19-50,52,54H2,1-10H3,(H2,83,99)(H,84,93)(H,85,95)(H,86,94)(H,87,96)/t56-,58?,60-,61?,62?,63?,64?,67?,80-,81?/m0/s1. The van der Waals surface area contributed by atoms with E-state index >= 15 is 0 Å². The average molecular weight is 1520 g/mol. The van der Waals surface area contributed by atoms with Crippen molar-refractivity contribution < 1.29 is 80.6 Å². The molecule has 1 aromatic carbocycles. The van der Waals surface area contributed by atoms with Gasteiger partial charge in [0.25, 0.3) is 5.91 Å². The molecule has 0 radical (unpaired) electrons. The fourth-order valence-corrected chi connectivity index (χ4v) is 17.6. The van der Waals surface area contributed by atoms with E-state index in [1.807, 2.05) is 19.9 Å². The van der Waals surface area contributed by atoms with Crippen molar-refractivity contribution in [2.75, 3.05) is 132 Å². The van der Waals surface area contributed by atoms with Crippen LogP contribution in [0, 0.1) is 58.1 Å². The number of aromatic nitrogens is 3. The number of fused-ring (bicyclic) bond motifs is 6. The SMILES string of the molecule is CC(C)CCC[C@H](C)C1CCC2C3CCC4C[C@@H](OC(=O)CC(NC(=O)CCOCCOCCNC(=O)CCOCCOCCOCCNC(=O)CCOCCOCCNC(=O)CCC(=O)N5CCN(C(=O)c6cn7nc(-c8ccc(F)cc8)cc(C(C)(C)C)c7n6)C(C)(C)C5)C(N)=O)CC[C@]4(C)C3CCC21C. The predicted octanol–water partition coefficient (Wildman–Crippen LogP) is 8.70. The molecule has 7 unspecified atom stereocenters. The van der Waals surface area contributed by atoms with Crippen molar-refractivity contribution in [3.63, 3.8) is 0 Å². The lowest BCUT2D eigenvalue weighted by molar-refractivity contribution is -0.163. The normalized spacial score (nSPS) is 23.1. The summed E-state index contributed by atoms with van der Waals surface area (Å²) in [6, 6.07) is 6.84. The van der Waals surface area contributed by atoms with Gasteiger partial charge >= 0.3 is 5.97 Å². The number of ether oxygens (including phenoxy) is 8. The van der Waals surface area contributed by atoms with Crippen molar-refractivity contribution >= 4 is 53.0 Å². The summed E-state index contributed by atoms with van der Waals surface area (Å²) in [7, 11) is 0. The van der Waals surface area contributed by atoms with E-state index in [1.54, 1.807) is 32.6 Å². The Morgan fingerprint density at radius 2 is 1.18 bits per heavy atom. The fourth-order valence-electron chi connectivity index (χ4n) is 17.6. The number of rotatable bonds is 45. The lowest BCUT2D eigenvalue weighted by Gasteiger charge is -2.61. The molecular weight excluding hydrogens is 1390 g/mol. The third kappa shape index (κ3) is 25.7. The van der Waals surface area contributed by atoms with E-state index in [2.05, 4.69) is 76.7 Å². The van der Waals surface area contributed by atoms with Gasteiger partial charge in [-0.15, -0.1) is 0 Å². The quantitative estimate of drug-likeness (QED) is 0.0261. The number of halogens is 1. The van der Waals surface area contributed by atoms with Gasteiger partial charge in [0.2, 0.25) is 35.4 Å². The molecular formula is C81H127FN10O16. The van der Waals surface area contributed by atoms with Crippen LogP contribution in [0.5, 0.6) is 0 Å². The van der Waals surface area contributed by atoms with Crippen LogP contribution in [0.4, 0.5) is 4.39 Å². The van der Waals surface area contributed by atoms with Crippen molar-refractivity contribution in [3.05, 3.63) is 53.6 Å². The third-order valence-corrected chi connectivity index (χ3v) is 23.4. The molecule has 4 saturated carbocycles. The minimum absolute atomic E-state index is 0.00243. The summed E-state index contributed by atoms with van der Waals surface area (Å²) in [6.45, 7) is 27.6. The Labute approximate surface area is 639 Å². The number of nitrogens with two attached hydrogens (primary N) is 1. The number of primary amides is 1. The van der Waals surface area contributed by atoms with Crippen molar-refractivity contribution in [3.8, 4) is 11.3 Å². The van der Waals surface area contributed by atoms with Crippen molar-refractivity contribution in [1.82, 2.24) is 45.7 Å². The Balaban J connectivity index is 0.541. The molecule has 3 aromatic rings. The number of esters is 1. The van der Waals surface area contributed by atoms with Crippen molar-refractivity contribution in [2.45, 2.75) is 208 Å². The van der Waals surface area contributed by atoms with E-state index in [0.717, 1.165) is 65.9 Å². The minimum atomic E-state index is -1.18. The average Bonchev–Trinajstić information content (AvgIpc) is 1.39. The molecule has 6 N–H and O–H groups in total. The van der Waals surface area contributed by atoms with Crippen LogP contribution in [0.1, 0.15) is 201 Å². The van der Waals surface area contributed by atoms with Crippen molar-refractivity contribution in [2.24, 2.45) is 58.0 Å². The van der Waals surface area contributed by atoms with Gasteiger partial charge in [-0.25, -0.2) is 13.9 Å². The number of imidazole rings is 1. The first-order chi connectivity index (χ1) is 51.6. The zero-order valence-electron chi connectivity index (χ0n) is 66.3. The van der Waals surface area contributed by atoms with Gasteiger partial charge in [0.05, 0.1) is 116 Å². The van der Waals surface area contributed by atoms with E-state index in [1.165, 1.54) is 69.9 Å². The first-order valence-corrected chi connectivity index (χ1v) is 39.9. The second-order valence-electron chi connectivity index (χ2n) is 33.1. The van der Waals surface area contributed by atoms with Gasteiger partial charge in [0, 0.05) is 82.5 Å². The molecule has 1 aliphatic heterocycles. The molecule has 5 fully saturated rings.